The van der Waals surface area contributed by atoms with Crippen molar-refractivity contribution in [3.05, 3.63) is 29.3 Å². The molecule has 0 saturated heterocycles. The van der Waals surface area contributed by atoms with E-state index in [1.54, 1.807) is 0 Å². The lowest BCUT2D eigenvalue weighted by atomic mass is 9.84. The molecule has 1 atom stereocenters. The Hall–Kier alpha value is -1.65. The van der Waals surface area contributed by atoms with Gasteiger partial charge in [-0.2, -0.15) is 0 Å². The first-order valence-corrected chi connectivity index (χ1v) is 5.98. The highest BCUT2D eigenvalue weighted by Gasteiger charge is 2.34. The first-order valence-electron chi connectivity index (χ1n) is 5.98. The van der Waals surface area contributed by atoms with Crippen LogP contribution in [0.5, 0.6) is 0 Å². The summed E-state index contributed by atoms with van der Waals surface area (Å²) in [5.74, 6) is -3.77. The summed E-state index contributed by atoms with van der Waals surface area (Å²) in [5.41, 5.74) is 5.36. The number of halogens is 2. The third kappa shape index (κ3) is 2.30. The Kier molecular flexibility index (Phi) is 3.50. The Morgan fingerprint density at radius 2 is 1.94 bits per heavy atom. The molecule has 3 N–H and O–H groups in total. The van der Waals surface area contributed by atoms with E-state index in [0.29, 0.717) is 6.07 Å². The molecule has 1 saturated carbocycles. The highest BCUT2D eigenvalue weighted by Crippen LogP contribution is 2.40. The fraction of sp³-hybridized carbons (Fsp3) is 0.462. The van der Waals surface area contributed by atoms with Gasteiger partial charge in [-0.3, -0.25) is 4.79 Å². The van der Waals surface area contributed by atoms with E-state index < -0.39 is 23.5 Å². The molecule has 0 heterocycles. The van der Waals surface area contributed by atoms with Gasteiger partial charge in [0.1, 0.15) is 11.6 Å². The van der Waals surface area contributed by atoms with E-state index in [-0.39, 0.29) is 17.2 Å². The summed E-state index contributed by atoms with van der Waals surface area (Å²) in [6.45, 7) is 0. The minimum atomic E-state index is -1.07. The van der Waals surface area contributed by atoms with Crippen LogP contribution in [0, 0.1) is 17.6 Å². The maximum Gasteiger partial charge on any atom is 0.311 e. The highest BCUT2D eigenvalue weighted by molar-refractivity contribution is 5.79. The van der Waals surface area contributed by atoms with Gasteiger partial charge in [-0.1, -0.05) is 12.8 Å². The topological polar surface area (TPSA) is 63.3 Å². The van der Waals surface area contributed by atoms with Gasteiger partial charge in [-0.15, -0.1) is 0 Å². The monoisotopic (exact) mass is 255 g/mol. The van der Waals surface area contributed by atoms with Crippen LogP contribution in [0.25, 0.3) is 0 Å². The Labute approximate surface area is 104 Å². The number of carbonyl (C=O) groups is 1. The molecule has 3 nitrogen and oxygen atoms in total. The fourth-order valence-electron chi connectivity index (χ4n) is 2.74. The van der Waals surface area contributed by atoms with Crippen molar-refractivity contribution in [3.63, 3.8) is 0 Å². The van der Waals surface area contributed by atoms with Gasteiger partial charge in [0.05, 0.1) is 11.6 Å². The maximum absolute atomic E-state index is 13.4. The first-order chi connectivity index (χ1) is 8.50. The van der Waals surface area contributed by atoms with Crippen molar-refractivity contribution >= 4 is 11.7 Å². The van der Waals surface area contributed by atoms with Crippen LogP contribution in [0.15, 0.2) is 12.1 Å². The van der Waals surface area contributed by atoms with Gasteiger partial charge in [0, 0.05) is 6.07 Å². The number of nitrogens with two attached hydrogens (primary N) is 1. The van der Waals surface area contributed by atoms with E-state index in [4.69, 9.17) is 5.73 Å². The van der Waals surface area contributed by atoms with Crippen LogP contribution in [-0.2, 0) is 4.79 Å². The van der Waals surface area contributed by atoms with Crippen LogP contribution in [0.1, 0.15) is 37.2 Å². The summed E-state index contributed by atoms with van der Waals surface area (Å²) in [5, 5.41) is 9.29. The van der Waals surface area contributed by atoms with Crippen molar-refractivity contribution in [1.82, 2.24) is 0 Å². The Morgan fingerprint density at radius 3 is 2.50 bits per heavy atom. The van der Waals surface area contributed by atoms with Crippen LogP contribution >= 0.6 is 0 Å². The quantitative estimate of drug-likeness (QED) is 0.816. The first kappa shape index (κ1) is 12.8. The number of carboxylic acid groups (broad SMARTS) is 1. The minimum Gasteiger partial charge on any atom is -0.481 e. The molecule has 1 aliphatic rings. The molecular formula is C13H15F2NO2. The summed E-state index contributed by atoms with van der Waals surface area (Å²) in [6, 6.07) is 1.71. The zero-order chi connectivity index (χ0) is 13.3. The van der Waals surface area contributed by atoms with Crippen molar-refractivity contribution in [2.45, 2.75) is 31.6 Å². The number of hydrogen-bond acceptors (Lipinski definition) is 2. The van der Waals surface area contributed by atoms with E-state index in [0.717, 1.165) is 31.7 Å². The molecule has 1 aromatic carbocycles. The van der Waals surface area contributed by atoms with Crippen LogP contribution in [-0.4, -0.2) is 11.1 Å². The van der Waals surface area contributed by atoms with E-state index in [1.807, 2.05) is 0 Å². The summed E-state index contributed by atoms with van der Waals surface area (Å²) >= 11 is 0. The number of carboxylic acids is 1. The molecule has 98 valence electrons. The average molecular weight is 255 g/mol. The minimum absolute atomic E-state index is 0.0619. The van der Waals surface area contributed by atoms with Crippen molar-refractivity contribution in [2.75, 3.05) is 5.73 Å². The van der Waals surface area contributed by atoms with Crippen LogP contribution < -0.4 is 5.73 Å². The number of hydrogen-bond donors (Lipinski definition) is 2. The van der Waals surface area contributed by atoms with Crippen LogP contribution in [0.4, 0.5) is 14.5 Å². The van der Waals surface area contributed by atoms with Gasteiger partial charge in [-0.05, 0) is 30.4 Å². The second-order valence-corrected chi connectivity index (χ2v) is 4.75. The van der Waals surface area contributed by atoms with Crippen molar-refractivity contribution < 1.29 is 18.7 Å². The van der Waals surface area contributed by atoms with Gasteiger partial charge in [0.25, 0.3) is 0 Å². The second-order valence-electron chi connectivity index (χ2n) is 4.75. The molecule has 5 heteroatoms. The fourth-order valence-corrected chi connectivity index (χ4v) is 2.74. The summed E-state index contributed by atoms with van der Waals surface area (Å²) < 4.78 is 26.6. The lowest BCUT2D eigenvalue weighted by Gasteiger charge is -2.21. The molecule has 0 aromatic heterocycles. The Morgan fingerprint density at radius 1 is 1.33 bits per heavy atom. The second kappa shape index (κ2) is 4.92. The maximum atomic E-state index is 13.4. The molecule has 1 unspecified atom stereocenters. The molecule has 2 rings (SSSR count). The summed E-state index contributed by atoms with van der Waals surface area (Å²) in [6.07, 6.45) is 3.42. The smallest absolute Gasteiger partial charge is 0.311 e. The lowest BCUT2D eigenvalue weighted by Crippen LogP contribution is -2.21. The zero-order valence-corrected chi connectivity index (χ0v) is 9.83. The zero-order valence-electron chi connectivity index (χ0n) is 9.83. The number of aliphatic carboxylic acids is 1. The van der Waals surface area contributed by atoms with Gasteiger partial charge >= 0.3 is 5.97 Å². The van der Waals surface area contributed by atoms with Crippen molar-refractivity contribution in [2.24, 2.45) is 5.92 Å². The lowest BCUT2D eigenvalue weighted by molar-refractivity contribution is -0.140. The van der Waals surface area contributed by atoms with E-state index in [1.165, 1.54) is 0 Å². The molecule has 0 bridgehead atoms. The predicted molar refractivity (Wildman–Crippen MR) is 63.1 cm³/mol. The van der Waals surface area contributed by atoms with E-state index in [2.05, 4.69) is 0 Å². The predicted octanol–water partition coefficient (Wildman–Crippen LogP) is 2.91. The van der Waals surface area contributed by atoms with Gasteiger partial charge in [0.15, 0.2) is 0 Å². The third-order valence-electron chi connectivity index (χ3n) is 3.60. The third-order valence-corrected chi connectivity index (χ3v) is 3.60. The summed E-state index contributed by atoms with van der Waals surface area (Å²) in [7, 11) is 0. The average Bonchev–Trinajstić information content (AvgIpc) is 2.78. The van der Waals surface area contributed by atoms with Gasteiger partial charge in [-0.25, -0.2) is 8.78 Å². The largest absolute Gasteiger partial charge is 0.481 e. The molecule has 1 aliphatic carbocycles. The number of benzene rings is 1. The van der Waals surface area contributed by atoms with Crippen LogP contribution in [0.3, 0.4) is 0 Å². The van der Waals surface area contributed by atoms with Crippen molar-refractivity contribution in [1.29, 1.82) is 0 Å². The van der Waals surface area contributed by atoms with Gasteiger partial charge in [0.2, 0.25) is 0 Å². The Balaban J connectivity index is 2.45. The molecule has 0 radical (unpaired) electrons. The molecule has 18 heavy (non-hydrogen) atoms. The van der Waals surface area contributed by atoms with E-state index in [9.17, 15) is 18.7 Å². The van der Waals surface area contributed by atoms with E-state index >= 15 is 0 Å². The number of anilines is 1. The molecule has 1 fully saturated rings. The SMILES string of the molecule is Nc1c(F)cc(F)cc1C(C(=O)O)C1CCCC1. The Bertz CT molecular complexity index is 470. The standard InChI is InChI=1S/C13H15F2NO2/c14-8-5-9(12(16)10(15)6-8)11(13(17)18)7-3-1-2-4-7/h5-7,11H,1-4,16H2,(H,17,18). The highest BCUT2D eigenvalue weighted by atomic mass is 19.1. The molecule has 1 aromatic rings. The van der Waals surface area contributed by atoms with Gasteiger partial charge < -0.3 is 10.8 Å². The molecule has 0 aliphatic heterocycles. The normalized spacial score (nSPS) is 17.9. The molecule has 0 spiro atoms. The number of nitrogen functional groups attached to an aromatic ring is 1. The molecule has 0 amide bonds. The van der Waals surface area contributed by atoms with Crippen LogP contribution in [0.2, 0.25) is 0 Å². The summed E-state index contributed by atoms with van der Waals surface area (Å²) in [4.78, 5) is 11.4. The number of rotatable bonds is 3. The van der Waals surface area contributed by atoms with Crippen molar-refractivity contribution in [3.8, 4) is 0 Å². The molecular weight excluding hydrogens is 240 g/mol.